The molecule has 6 aromatic heterocycles. The normalized spacial score (nSPS) is 10.3. The molecular formula is C42H38ClN7O2. The fourth-order valence-corrected chi connectivity index (χ4v) is 5.46. The number of nitrogens with zero attached hydrogens (tertiary/aromatic N) is 4. The van der Waals surface area contributed by atoms with E-state index in [1.165, 1.54) is 17.3 Å². The molecule has 0 saturated carbocycles. The first-order valence-corrected chi connectivity index (χ1v) is 16.7. The maximum absolute atomic E-state index is 12.7. The maximum Gasteiger partial charge on any atom is 0.196 e. The van der Waals surface area contributed by atoms with E-state index in [4.69, 9.17) is 17.3 Å². The Morgan fingerprint density at radius 1 is 0.577 bits per heavy atom. The molecule has 9 nitrogen and oxygen atoms in total. The van der Waals surface area contributed by atoms with Crippen LogP contribution in [0.25, 0.3) is 22.1 Å². The van der Waals surface area contributed by atoms with Crippen LogP contribution in [0.3, 0.4) is 0 Å². The largest absolute Gasteiger partial charge is 0.345 e. The molecule has 6 heterocycles. The lowest BCUT2D eigenvalue weighted by Crippen LogP contribution is -2.03. The van der Waals surface area contributed by atoms with Gasteiger partial charge in [0.1, 0.15) is 16.4 Å². The number of aryl methyl sites for hydroxylation is 2. The summed E-state index contributed by atoms with van der Waals surface area (Å²) in [6.07, 6.45) is 11.7. The summed E-state index contributed by atoms with van der Waals surface area (Å²) in [5, 5.41) is 2.00. The quantitative estimate of drug-likeness (QED) is 0.106. The van der Waals surface area contributed by atoms with Crippen molar-refractivity contribution < 1.29 is 9.59 Å². The highest BCUT2D eigenvalue weighted by Gasteiger charge is 2.16. The van der Waals surface area contributed by atoms with Gasteiger partial charge in [-0.2, -0.15) is 0 Å². The highest BCUT2D eigenvalue weighted by molar-refractivity contribution is 6.29. The molecule has 0 fully saturated rings. The molecule has 0 aliphatic rings. The van der Waals surface area contributed by atoms with E-state index >= 15 is 0 Å². The Morgan fingerprint density at radius 3 is 1.56 bits per heavy atom. The smallest absolute Gasteiger partial charge is 0.196 e. The van der Waals surface area contributed by atoms with Gasteiger partial charge in [0, 0.05) is 82.4 Å². The van der Waals surface area contributed by atoms with E-state index in [9.17, 15) is 9.59 Å². The van der Waals surface area contributed by atoms with E-state index < -0.39 is 0 Å². The number of pyridine rings is 4. The number of benzene rings is 2. The van der Waals surface area contributed by atoms with E-state index in [0.717, 1.165) is 35.0 Å². The molecule has 260 valence electrons. The standard InChI is InChI=1S/C21H17N3O.C13H8ClN3O.C7H9N.CH4/c25-20(19-14-24-21-18(19)7-4-12-22-21)16-9-11-17(23-13-16)10-8-15-5-2-1-3-6-15;14-11-4-3-8(6-16-11)12(18)10-7-17-13-9(10)2-1-5-15-13;8-6-7-4-2-1-3-5-7;/h1-7,9,11-14H,8,10H2,(H,22,24);1-7H,(H,15,17);1-5H,6,8H2;1H4. The van der Waals surface area contributed by atoms with Gasteiger partial charge in [0.25, 0.3) is 0 Å². The van der Waals surface area contributed by atoms with Crippen LogP contribution < -0.4 is 5.73 Å². The van der Waals surface area contributed by atoms with Crippen molar-refractivity contribution in [2.45, 2.75) is 26.8 Å². The van der Waals surface area contributed by atoms with E-state index in [0.29, 0.717) is 39.6 Å². The number of aromatic nitrogens is 6. The van der Waals surface area contributed by atoms with Gasteiger partial charge in [-0.1, -0.05) is 79.7 Å². The molecule has 0 aliphatic heterocycles. The molecule has 0 radical (unpaired) electrons. The summed E-state index contributed by atoms with van der Waals surface area (Å²) >= 11 is 5.70. The molecule has 10 heteroatoms. The van der Waals surface area contributed by atoms with Gasteiger partial charge < -0.3 is 15.7 Å². The summed E-state index contributed by atoms with van der Waals surface area (Å²) in [6.45, 7) is 0.640. The van der Waals surface area contributed by atoms with Gasteiger partial charge in [-0.15, -0.1) is 0 Å². The zero-order valence-corrected chi connectivity index (χ0v) is 28.3. The Bertz CT molecular complexity index is 2340. The number of rotatable bonds is 8. The van der Waals surface area contributed by atoms with Crippen molar-refractivity contribution in [3.63, 3.8) is 0 Å². The number of ketones is 2. The molecular weight excluding hydrogens is 670 g/mol. The van der Waals surface area contributed by atoms with Gasteiger partial charge in [-0.3, -0.25) is 14.6 Å². The van der Waals surface area contributed by atoms with Crippen LogP contribution in [0.15, 0.2) is 146 Å². The zero-order valence-electron chi connectivity index (χ0n) is 27.5. The van der Waals surface area contributed by atoms with Gasteiger partial charge in [-0.05, 0) is 72.5 Å². The first-order valence-electron chi connectivity index (χ1n) is 16.3. The number of fused-ring (bicyclic) bond motifs is 2. The number of nitrogens with two attached hydrogens (primary N) is 1. The number of carbonyl (C=O) groups is 2. The second kappa shape index (κ2) is 18.1. The molecule has 0 aliphatic carbocycles. The SMILES string of the molecule is C.NCc1ccccc1.O=C(c1ccc(CCc2ccccc2)nc1)c1c[nH]c2ncccc12.O=C(c1ccc(Cl)nc1)c1c[nH]c2ncccc12. The van der Waals surface area contributed by atoms with Crippen LogP contribution in [0.5, 0.6) is 0 Å². The minimum absolute atomic E-state index is 0. The Hall–Kier alpha value is -6.29. The second-order valence-electron chi connectivity index (χ2n) is 11.4. The average molecular weight is 708 g/mol. The Labute approximate surface area is 307 Å². The Kier molecular flexibility index (Phi) is 12.9. The Balaban J connectivity index is 0.000000169. The first-order chi connectivity index (χ1) is 25.0. The number of H-pyrrole nitrogens is 2. The highest BCUT2D eigenvalue weighted by atomic mass is 35.5. The number of nitrogens with one attached hydrogen (secondary N) is 2. The predicted molar refractivity (Wildman–Crippen MR) is 207 cm³/mol. The van der Waals surface area contributed by atoms with Gasteiger partial charge in [0.2, 0.25) is 0 Å². The lowest BCUT2D eigenvalue weighted by molar-refractivity contribution is 0.103. The van der Waals surface area contributed by atoms with Crippen LogP contribution in [-0.2, 0) is 19.4 Å². The molecule has 2 aromatic carbocycles. The van der Waals surface area contributed by atoms with Crippen LogP contribution in [0.2, 0.25) is 5.15 Å². The summed E-state index contributed by atoms with van der Waals surface area (Å²) in [6, 6.07) is 34.7. The van der Waals surface area contributed by atoms with Gasteiger partial charge in [-0.25, -0.2) is 15.0 Å². The van der Waals surface area contributed by atoms with Crippen molar-refractivity contribution in [1.82, 2.24) is 29.9 Å². The van der Waals surface area contributed by atoms with Crippen LogP contribution >= 0.6 is 11.6 Å². The highest BCUT2D eigenvalue weighted by Crippen LogP contribution is 2.21. The summed E-state index contributed by atoms with van der Waals surface area (Å²) in [4.78, 5) is 47.8. The lowest BCUT2D eigenvalue weighted by Gasteiger charge is -2.03. The minimum Gasteiger partial charge on any atom is -0.345 e. The third kappa shape index (κ3) is 9.28. The van der Waals surface area contributed by atoms with Gasteiger partial charge in [0.05, 0.1) is 0 Å². The Morgan fingerprint density at radius 2 is 1.10 bits per heavy atom. The molecule has 8 rings (SSSR count). The summed E-state index contributed by atoms with van der Waals surface area (Å²) < 4.78 is 0. The maximum atomic E-state index is 12.7. The molecule has 0 saturated heterocycles. The van der Waals surface area contributed by atoms with E-state index in [1.807, 2.05) is 78.9 Å². The van der Waals surface area contributed by atoms with Crippen molar-refractivity contribution in [3.8, 4) is 0 Å². The molecule has 0 amide bonds. The zero-order chi connectivity index (χ0) is 35.4. The van der Waals surface area contributed by atoms with E-state index in [-0.39, 0.29) is 19.0 Å². The van der Waals surface area contributed by atoms with E-state index in [1.54, 1.807) is 49.2 Å². The van der Waals surface area contributed by atoms with Crippen LogP contribution in [-0.4, -0.2) is 41.5 Å². The first kappa shape index (κ1) is 37.0. The minimum atomic E-state index is -0.0987. The van der Waals surface area contributed by atoms with Gasteiger partial charge in [0.15, 0.2) is 11.6 Å². The topological polar surface area (TPSA) is 143 Å². The number of halogens is 1. The van der Waals surface area contributed by atoms with Crippen LogP contribution in [0.1, 0.15) is 56.1 Å². The molecule has 52 heavy (non-hydrogen) atoms. The fourth-order valence-electron chi connectivity index (χ4n) is 5.35. The molecule has 0 atom stereocenters. The number of aromatic amines is 2. The summed E-state index contributed by atoms with van der Waals surface area (Å²) in [7, 11) is 0. The summed E-state index contributed by atoms with van der Waals surface area (Å²) in [5.41, 5.74) is 12.5. The second-order valence-corrected chi connectivity index (χ2v) is 11.8. The summed E-state index contributed by atoms with van der Waals surface area (Å²) in [5.74, 6) is -0.139. The monoisotopic (exact) mass is 707 g/mol. The number of hydrogen-bond donors (Lipinski definition) is 3. The number of hydrogen-bond acceptors (Lipinski definition) is 7. The molecule has 0 bridgehead atoms. The van der Waals surface area contributed by atoms with Crippen molar-refractivity contribution in [3.05, 3.63) is 191 Å². The third-order valence-corrected chi connectivity index (χ3v) is 8.28. The fraction of sp³-hybridized carbons (Fsp3) is 0.0952. The van der Waals surface area contributed by atoms with Crippen LogP contribution in [0.4, 0.5) is 0 Å². The average Bonchev–Trinajstić information content (AvgIpc) is 3.83. The molecule has 8 aromatic rings. The van der Waals surface area contributed by atoms with Crippen LogP contribution in [0, 0.1) is 0 Å². The van der Waals surface area contributed by atoms with Crippen molar-refractivity contribution in [2.24, 2.45) is 5.73 Å². The molecule has 0 spiro atoms. The number of carbonyl (C=O) groups excluding carboxylic acids is 2. The third-order valence-electron chi connectivity index (χ3n) is 8.06. The van der Waals surface area contributed by atoms with Crippen molar-refractivity contribution in [2.75, 3.05) is 0 Å². The predicted octanol–water partition coefficient (Wildman–Crippen LogP) is 8.60. The lowest BCUT2D eigenvalue weighted by atomic mass is 10.0. The van der Waals surface area contributed by atoms with Crippen molar-refractivity contribution in [1.29, 1.82) is 0 Å². The molecule has 0 unspecified atom stereocenters. The van der Waals surface area contributed by atoms with Gasteiger partial charge >= 0.3 is 0 Å². The van der Waals surface area contributed by atoms with E-state index in [2.05, 4.69) is 42.0 Å². The molecule has 4 N–H and O–H groups in total. The van der Waals surface area contributed by atoms with Crippen molar-refractivity contribution >= 4 is 45.2 Å².